The Kier molecular flexibility index (Phi) is 6.01. The molecule has 1 rings (SSSR count). The van der Waals surface area contributed by atoms with E-state index < -0.39 is 30.9 Å². The van der Waals surface area contributed by atoms with Gasteiger partial charge in [-0.25, -0.2) is 4.79 Å². The van der Waals surface area contributed by atoms with Crippen LogP contribution in [0.1, 0.15) is 32.9 Å². The first kappa shape index (κ1) is 18.1. The number of nitrogens with zero attached hydrogens (tertiary/aromatic N) is 1. The highest BCUT2D eigenvalue weighted by Crippen LogP contribution is 2.20. The van der Waals surface area contributed by atoms with Crippen molar-refractivity contribution in [1.29, 1.82) is 0 Å². The Morgan fingerprint density at radius 2 is 2.00 bits per heavy atom. The first-order chi connectivity index (χ1) is 10.1. The molecule has 0 saturated carbocycles. The number of hydrogen-bond acceptors (Lipinski definition) is 4. The van der Waals surface area contributed by atoms with Gasteiger partial charge in [0.15, 0.2) is 0 Å². The predicted molar refractivity (Wildman–Crippen MR) is 73.5 cm³/mol. The fourth-order valence-corrected chi connectivity index (χ4v) is 1.40. The van der Waals surface area contributed by atoms with E-state index >= 15 is 0 Å². The Hall–Kier alpha value is -1.99. The van der Waals surface area contributed by atoms with Crippen molar-refractivity contribution in [2.24, 2.45) is 0 Å². The molecule has 1 aromatic rings. The second-order valence-electron chi connectivity index (χ2n) is 5.55. The summed E-state index contributed by atoms with van der Waals surface area (Å²) in [7, 11) is 0. The molecular weight excluding hydrogens is 301 g/mol. The second kappa shape index (κ2) is 7.33. The normalized spacial score (nSPS) is 11.9. The maximum atomic E-state index is 12.0. The van der Waals surface area contributed by atoms with Crippen LogP contribution in [0.4, 0.5) is 18.0 Å². The quantitative estimate of drug-likeness (QED) is 0.903. The summed E-state index contributed by atoms with van der Waals surface area (Å²) in [5.74, 6) is 0.264. The van der Waals surface area contributed by atoms with Gasteiger partial charge in [0.25, 0.3) is 0 Å². The number of halogens is 3. The van der Waals surface area contributed by atoms with Gasteiger partial charge in [-0.15, -0.1) is 0 Å². The van der Waals surface area contributed by atoms with E-state index in [1.807, 2.05) is 0 Å². The van der Waals surface area contributed by atoms with Crippen LogP contribution in [0.2, 0.25) is 0 Å². The molecule has 8 heteroatoms. The van der Waals surface area contributed by atoms with Crippen LogP contribution < -0.4 is 10.1 Å². The Morgan fingerprint density at radius 3 is 2.59 bits per heavy atom. The molecule has 0 saturated heterocycles. The van der Waals surface area contributed by atoms with Gasteiger partial charge in [-0.3, -0.25) is 4.98 Å². The van der Waals surface area contributed by atoms with Crippen LogP contribution in [0.5, 0.6) is 5.75 Å². The standard InChI is InChI=1S/C14H19F3N2O3/c1-13(2,3)22-12(20)19-9-10-8-11(4-6-18-10)21-7-5-14(15,16)17/h4,6,8H,5,7,9H2,1-3H3,(H,19,20). The smallest absolute Gasteiger partial charge is 0.407 e. The summed E-state index contributed by atoms with van der Waals surface area (Å²) >= 11 is 0. The molecule has 124 valence electrons. The SMILES string of the molecule is CC(C)(C)OC(=O)NCc1cc(OCCC(F)(F)F)ccn1. The molecule has 22 heavy (non-hydrogen) atoms. The van der Waals surface area contributed by atoms with Gasteiger partial charge in [-0.2, -0.15) is 13.2 Å². The number of alkyl carbamates (subject to hydrolysis) is 1. The molecule has 0 bridgehead atoms. The number of carbonyl (C=O) groups is 1. The van der Waals surface area contributed by atoms with E-state index in [-0.39, 0.29) is 12.3 Å². The highest BCUT2D eigenvalue weighted by atomic mass is 19.4. The van der Waals surface area contributed by atoms with Crippen LogP contribution in [-0.4, -0.2) is 29.5 Å². The summed E-state index contributed by atoms with van der Waals surface area (Å²) in [6.45, 7) is 4.83. The molecule has 0 aliphatic heterocycles. The van der Waals surface area contributed by atoms with Crippen LogP contribution in [0, 0.1) is 0 Å². The number of aromatic nitrogens is 1. The first-order valence-corrected chi connectivity index (χ1v) is 6.66. The van der Waals surface area contributed by atoms with Crippen molar-refractivity contribution in [2.75, 3.05) is 6.61 Å². The topological polar surface area (TPSA) is 60.5 Å². The lowest BCUT2D eigenvalue weighted by atomic mass is 10.2. The minimum atomic E-state index is -4.26. The highest BCUT2D eigenvalue weighted by Gasteiger charge is 2.26. The number of carbonyl (C=O) groups excluding carboxylic acids is 1. The lowest BCUT2D eigenvalue weighted by Gasteiger charge is -2.19. The maximum Gasteiger partial charge on any atom is 0.407 e. The molecule has 5 nitrogen and oxygen atoms in total. The van der Waals surface area contributed by atoms with E-state index in [9.17, 15) is 18.0 Å². The molecule has 0 spiro atoms. The summed E-state index contributed by atoms with van der Waals surface area (Å²) in [5.41, 5.74) is -0.157. The number of amides is 1. The van der Waals surface area contributed by atoms with E-state index in [1.54, 1.807) is 20.8 Å². The number of ether oxygens (including phenoxy) is 2. The van der Waals surface area contributed by atoms with Crippen molar-refractivity contribution in [1.82, 2.24) is 10.3 Å². The summed E-state index contributed by atoms with van der Waals surface area (Å²) in [6, 6.07) is 2.92. The first-order valence-electron chi connectivity index (χ1n) is 6.66. The lowest BCUT2D eigenvalue weighted by Crippen LogP contribution is -2.32. The van der Waals surface area contributed by atoms with Gasteiger partial charge in [0, 0.05) is 12.3 Å². The number of hydrogen-bond donors (Lipinski definition) is 1. The van der Waals surface area contributed by atoms with Gasteiger partial charge in [-0.05, 0) is 26.8 Å². The van der Waals surface area contributed by atoms with E-state index in [1.165, 1.54) is 18.3 Å². The summed E-state index contributed by atoms with van der Waals surface area (Å²) in [6.07, 6.45) is -4.48. The molecular formula is C14H19F3N2O3. The molecule has 0 atom stereocenters. The molecule has 0 unspecified atom stereocenters. The third kappa shape index (κ3) is 8.33. The Labute approximate surface area is 126 Å². The molecule has 1 N–H and O–H groups in total. The second-order valence-corrected chi connectivity index (χ2v) is 5.55. The van der Waals surface area contributed by atoms with Crippen LogP contribution in [0.15, 0.2) is 18.3 Å². The highest BCUT2D eigenvalue weighted by molar-refractivity contribution is 5.67. The van der Waals surface area contributed by atoms with Gasteiger partial charge in [0.2, 0.25) is 0 Å². The zero-order valence-corrected chi connectivity index (χ0v) is 12.7. The van der Waals surface area contributed by atoms with Crippen LogP contribution in [-0.2, 0) is 11.3 Å². The average molecular weight is 320 g/mol. The monoisotopic (exact) mass is 320 g/mol. The Morgan fingerprint density at radius 1 is 1.32 bits per heavy atom. The summed E-state index contributed by atoms with van der Waals surface area (Å²) < 4.78 is 46.2. The van der Waals surface area contributed by atoms with E-state index in [0.29, 0.717) is 5.69 Å². The zero-order chi connectivity index (χ0) is 16.8. The van der Waals surface area contributed by atoms with Crippen LogP contribution in [0.25, 0.3) is 0 Å². The Balaban J connectivity index is 2.45. The van der Waals surface area contributed by atoms with Gasteiger partial charge >= 0.3 is 12.3 Å². The average Bonchev–Trinajstić information content (AvgIpc) is 2.33. The maximum absolute atomic E-state index is 12.0. The van der Waals surface area contributed by atoms with Crippen molar-refractivity contribution in [2.45, 2.75) is 45.5 Å². The number of pyridine rings is 1. The van der Waals surface area contributed by atoms with E-state index in [0.717, 1.165) is 0 Å². The number of rotatable bonds is 5. The molecule has 0 aliphatic rings. The molecule has 1 amide bonds. The third-order valence-corrected chi connectivity index (χ3v) is 2.26. The fraction of sp³-hybridized carbons (Fsp3) is 0.571. The fourth-order valence-electron chi connectivity index (χ4n) is 1.40. The van der Waals surface area contributed by atoms with Gasteiger partial charge in [-0.1, -0.05) is 0 Å². The zero-order valence-electron chi connectivity index (χ0n) is 12.7. The van der Waals surface area contributed by atoms with Gasteiger partial charge in [0.05, 0.1) is 25.3 Å². The summed E-state index contributed by atoms with van der Waals surface area (Å²) in [4.78, 5) is 15.5. The van der Waals surface area contributed by atoms with Crippen molar-refractivity contribution >= 4 is 6.09 Å². The predicted octanol–water partition coefficient (Wildman–Crippen LogP) is 3.44. The van der Waals surface area contributed by atoms with Crippen LogP contribution in [0.3, 0.4) is 0 Å². The van der Waals surface area contributed by atoms with Crippen molar-refractivity contribution in [3.8, 4) is 5.75 Å². The van der Waals surface area contributed by atoms with Gasteiger partial charge < -0.3 is 14.8 Å². The van der Waals surface area contributed by atoms with Gasteiger partial charge in [0.1, 0.15) is 11.4 Å². The van der Waals surface area contributed by atoms with Crippen molar-refractivity contribution in [3.63, 3.8) is 0 Å². The Bertz CT molecular complexity index is 499. The van der Waals surface area contributed by atoms with Crippen molar-refractivity contribution in [3.05, 3.63) is 24.0 Å². The van der Waals surface area contributed by atoms with E-state index in [4.69, 9.17) is 9.47 Å². The number of nitrogens with one attached hydrogen (secondary N) is 1. The molecule has 0 fully saturated rings. The molecule has 0 aromatic carbocycles. The molecule has 0 radical (unpaired) electrons. The lowest BCUT2D eigenvalue weighted by molar-refractivity contribution is -0.139. The van der Waals surface area contributed by atoms with Crippen molar-refractivity contribution < 1.29 is 27.4 Å². The summed E-state index contributed by atoms with van der Waals surface area (Å²) in [5, 5.41) is 2.50. The minimum absolute atomic E-state index is 0.0887. The third-order valence-electron chi connectivity index (χ3n) is 2.26. The molecule has 1 aromatic heterocycles. The largest absolute Gasteiger partial charge is 0.493 e. The number of alkyl halides is 3. The van der Waals surface area contributed by atoms with Crippen LogP contribution >= 0.6 is 0 Å². The van der Waals surface area contributed by atoms with E-state index in [2.05, 4.69) is 10.3 Å². The molecule has 0 aliphatic carbocycles. The minimum Gasteiger partial charge on any atom is -0.493 e. The molecule has 1 heterocycles.